The maximum Gasteiger partial charge on any atom is 0.261 e. The molecule has 108 valence electrons. The van der Waals surface area contributed by atoms with Crippen molar-refractivity contribution in [3.8, 4) is 0 Å². The highest BCUT2D eigenvalue weighted by Crippen LogP contribution is 2.28. The van der Waals surface area contributed by atoms with Crippen LogP contribution in [0, 0.1) is 11.3 Å². The molecule has 1 unspecified atom stereocenters. The number of halogens is 1. The molecule has 0 N–H and O–H groups in total. The molecule has 0 saturated heterocycles. The second kappa shape index (κ2) is 5.90. The SMILES string of the molecule is CC(C)(C)C(CS)Cn1cnc2ccc(Br)cc2c1=O. The fourth-order valence-corrected chi connectivity index (χ4v) is 3.13. The lowest BCUT2D eigenvalue weighted by Crippen LogP contribution is -2.31. The van der Waals surface area contributed by atoms with E-state index in [9.17, 15) is 4.79 Å². The Morgan fingerprint density at radius 1 is 1.40 bits per heavy atom. The van der Waals surface area contributed by atoms with Gasteiger partial charge in [-0.15, -0.1) is 0 Å². The average molecular weight is 355 g/mol. The van der Waals surface area contributed by atoms with Gasteiger partial charge in [0.15, 0.2) is 0 Å². The number of thiol groups is 1. The quantitative estimate of drug-likeness (QED) is 0.851. The molecule has 2 rings (SSSR count). The number of hydrogen-bond donors (Lipinski definition) is 1. The maximum atomic E-state index is 12.5. The van der Waals surface area contributed by atoms with Gasteiger partial charge in [0.05, 0.1) is 17.2 Å². The third-order valence-corrected chi connectivity index (χ3v) is 4.58. The monoisotopic (exact) mass is 354 g/mol. The second-order valence-electron chi connectivity index (χ2n) is 6.11. The fraction of sp³-hybridized carbons (Fsp3) is 0.467. The highest BCUT2D eigenvalue weighted by atomic mass is 79.9. The number of fused-ring (bicyclic) bond motifs is 1. The Labute approximate surface area is 133 Å². The Balaban J connectivity index is 2.46. The number of benzene rings is 1. The molecule has 0 aliphatic carbocycles. The van der Waals surface area contributed by atoms with Crippen molar-refractivity contribution in [2.24, 2.45) is 11.3 Å². The molecule has 1 aromatic carbocycles. The van der Waals surface area contributed by atoms with Gasteiger partial charge in [0.1, 0.15) is 0 Å². The first-order valence-electron chi connectivity index (χ1n) is 6.58. The average Bonchev–Trinajstić information content (AvgIpc) is 2.37. The van der Waals surface area contributed by atoms with Crippen LogP contribution in [0.15, 0.2) is 33.8 Å². The van der Waals surface area contributed by atoms with Crippen molar-refractivity contribution in [3.05, 3.63) is 39.4 Å². The number of hydrogen-bond acceptors (Lipinski definition) is 3. The van der Waals surface area contributed by atoms with E-state index in [1.165, 1.54) is 0 Å². The fourth-order valence-electron chi connectivity index (χ4n) is 2.10. The van der Waals surface area contributed by atoms with Gasteiger partial charge >= 0.3 is 0 Å². The molecule has 0 spiro atoms. The molecule has 1 heterocycles. The van der Waals surface area contributed by atoms with E-state index in [2.05, 4.69) is 54.3 Å². The summed E-state index contributed by atoms with van der Waals surface area (Å²) in [6, 6.07) is 5.57. The van der Waals surface area contributed by atoms with Crippen LogP contribution in [-0.2, 0) is 6.54 Å². The van der Waals surface area contributed by atoms with Gasteiger partial charge in [-0.25, -0.2) is 4.98 Å². The van der Waals surface area contributed by atoms with Gasteiger partial charge < -0.3 is 0 Å². The summed E-state index contributed by atoms with van der Waals surface area (Å²) in [7, 11) is 0. The summed E-state index contributed by atoms with van der Waals surface area (Å²) in [6.45, 7) is 7.15. The minimum Gasteiger partial charge on any atom is -0.298 e. The van der Waals surface area contributed by atoms with Crippen molar-refractivity contribution in [2.75, 3.05) is 5.75 Å². The van der Waals surface area contributed by atoms with Crippen LogP contribution in [0.2, 0.25) is 0 Å². The Kier molecular flexibility index (Phi) is 4.59. The van der Waals surface area contributed by atoms with E-state index >= 15 is 0 Å². The minimum atomic E-state index is 0.00679. The lowest BCUT2D eigenvalue weighted by atomic mass is 9.82. The molecule has 2 aromatic rings. The number of aromatic nitrogens is 2. The summed E-state index contributed by atoms with van der Waals surface area (Å²) in [5.74, 6) is 1.06. The lowest BCUT2D eigenvalue weighted by Gasteiger charge is -2.29. The molecule has 0 radical (unpaired) electrons. The van der Waals surface area contributed by atoms with Gasteiger partial charge in [0.25, 0.3) is 5.56 Å². The molecule has 1 aromatic heterocycles. The Morgan fingerprint density at radius 3 is 2.70 bits per heavy atom. The van der Waals surface area contributed by atoms with Gasteiger partial charge in [-0.3, -0.25) is 9.36 Å². The topological polar surface area (TPSA) is 34.9 Å². The highest BCUT2D eigenvalue weighted by Gasteiger charge is 2.24. The van der Waals surface area contributed by atoms with Crippen LogP contribution in [0.4, 0.5) is 0 Å². The third kappa shape index (κ3) is 3.26. The van der Waals surface area contributed by atoms with Crippen molar-refractivity contribution < 1.29 is 0 Å². The maximum absolute atomic E-state index is 12.5. The molecule has 20 heavy (non-hydrogen) atoms. The molecule has 0 amide bonds. The third-order valence-electron chi connectivity index (χ3n) is 3.65. The van der Waals surface area contributed by atoms with Gasteiger partial charge in [0, 0.05) is 11.0 Å². The second-order valence-corrected chi connectivity index (χ2v) is 7.39. The highest BCUT2D eigenvalue weighted by molar-refractivity contribution is 9.10. The van der Waals surface area contributed by atoms with E-state index in [1.807, 2.05) is 18.2 Å². The zero-order chi connectivity index (χ0) is 14.9. The van der Waals surface area contributed by atoms with Crippen molar-refractivity contribution in [3.63, 3.8) is 0 Å². The van der Waals surface area contributed by atoms with E-state index < -0.39 is 0 Å². The summed E-state index contributed by atoms with van der Waals surface area (Å²) in [4.78, 5) is 16.9. The van der Waals surface area contributed by atoms with Gasteiger partial charge in [-0.05, 0) is 35.3 Å². The summed E-state index contributed by atoms with van der Waals surface area (Å²) < 4.78 is 2.59. The van der Waals surface area contributed by atoms with E-state index in [4.69, 9.17) is 0 Å². The first-order chi connectivity index (χ1) is 9.32. The Morgan fingerprint density at radius 2 is 2.10 bits per heavy atom. The normalized spacial score (nSPS) is 13.7. The molecule has 0 bridgehead atoms. The van der Waals surface area contributed by atoms with E-state index in [-0.39, 0.29) is 11.0 Å². The molecule has 0 aliphatic rings. The summed E-state index contributed by atoms with van der Waals surface area (Å²) in [6.07, 6.45) is 1.64. The van der Waals surface area contributed by atoms with Crippen LogP contribution in [0.25, 0.3) is 10.9 Å². The van der Waals surface area contributed by atoms with Crippen LogP contribution in [0.1, 0.15) is 20.8 Å². The van der Waals surface area contributed by atoms with Gasteiger partial charge in [0.2, 0.25) is 0 Å². The predicted octanol–water partition coefficient (Wildman–Crippen LogP) is 3.75. The molecular weight excluding hydrogens is 336 g/mol. The lowest BCUT2D eigenvalue weighted by molar-refractivity contribution is 0.236. The van der Waals surface area contributed by atoms with E-state index in [0.717, 1.165) is 15.7 Å². The molecule has 0 saturated carbocycles. The molecule has 5 heteroatoms. The van der Waals surface area contributed by atoms with Crippen molar-refractivity contribution in [1.29, 1.82) is 0 Å². The largest absolute Gasteiger partial charge is 0.298 e. The molecule has 0 fully saturated rings. The molecular formula is C15H19BrN2OS. The number of nitrogens with zero attached hydrogens (tertiary/aromatic N) is 2. The summed E-state index contributed by atoms with van der Waals surface area (Å²) in [5.41, 5.74) is 0.841. The Bertz CT molecular complexity index is 676. The van der Waals surface area contributed by atoms with Gasteiger partial charge in [-0.1, -0.05) is 36.7 Å². The summed E-state index contributed by atoms with van der Waals surface area (Å²) in [5, 5.41) is 0.647. The summed E-state index contributed by atoms with van der Waals surface area (Å²) >= 11 is 7.82. The van der Waals surface area contributed by atoms with E-state index in [0.29, 0.717) is 17.8 Å². The smallest absolute Gasteiger partial charge is 0.261 e. The zero-order valence-corrected chi connectivity index (χ0v) is 14.4. The first kappa shape index (κ1) is 15.6. The first-order valence-corrected chi connectivity index (χ1v) is 8.01. The van der Waals surface area contributed by atoms with Crippen LogP contribution in [0.3, 0.4) is 0 Å². The zero-order valence-electron chi connectivity index (χ0n) is 11.9. The van der Waals surface area contributed by atoms with Crippen LogP contribution in [-0.4, -0.2) is 15.3 Å². The molecule has 1 atom stereocenters. The number of rotatable bonds is 3. The molecule has 3 nitrogen and oxygen atoms in total. The van der Waals surface area contributed by atoms with E-state index in [1.54, 1.807) is 10.9 Å². The standard InChI is InChI=1S/C15H19BrN2OS/c1-15(2,3)10(8-20)7-18-9-17-13-5-4-11(16)6-12(13)14(18)19/h4-6,9-10,20H,7-8H2,1-3H3. The Hall–Kier alpha value is -0.810. The van der Waals surface area contributed by atoms with Crippen LogP contribution < -0.4 is 5.56 Å². The van der Waals surface area contributed by atoms with Crippen LogP contribution in [0.5, 0.6) is 0 Å². The van der Waals surface area contributed by atoms with Gasteiger partial charge in [-0.2, -0.15) is 12.6 Å². The van der Waals surface area contributed by atoms with Crippen molar-refractivity contribution in [1.82, 2.24) is 9.55 Å². The van der Waals surface area contributed by atoms with Crippen molar-refractivity contribution in [2.45, 2.75) is 27.3 Å². The predicted molar refractivity (Wildman–Crippen MR) is 90.5 cm³/mol. The molecule has 0 aliphatic heterocycles. The van der Waals surface area contributed by atoms with Crippen LogP contribution >= 0.6 is 28.6 Å². The minimum absolute atomic E-state index is 0.00679. The van der Waals surface area contributed by atoms with Crippen molar-refractivity contribution >= 4 is 39.5 Å².